The van der Waals surface area contributed by atoms with Crippen LogP contribution in [0.1, 0.15) is 103 Å². The molecule has 272 valence electrons. The molecule has 0 N–H and O–H groups in total. The van der Waals surface area contributed by atoms with Gasteiger partial charge in [0.25, 0.3) is 0 Å². The Labute approximate surface area is 335 Å². The molecule has 3 rings (SSSR count). The van der Waals surface area contributed by atoms with E-state index in [1.54, 1.807) is 0 Å². The summed E-state index contributed by atoms with van der Waals surface area (Å²) in [7, 11) is -2.21. The zero-order valence-electron chi connectivity index (χ0n) is 34.2. The van der Waals surface area contributed by atoms with Crippen LogP contribution in [0.25, 0.3) is 15.3 Å². The summed E-state index contributed by atoms with van der Waals surface area (Å²) in [6.45, 7) is 31.0. The zero-order chi connectivity index (χ0) is 36.8. The van der Waals surface area contributed by atoms with Gasteiger partial charge in [-0.15, -0.1) is 11.4 Å². The largest absolute Gasteiger partial charge is 3.00 e. The molecule has 2 atom stereocenters. The monoisotopic (exact) mass is 787 g/mol. The molecule has 0 aliphatic heterocycles. The van der Waals surface area contributed by atoms with Gasteiger partial charge in [0.1, 0.15) is 0 Å². The normalized spacial score (nSPS) is 17.8. The average Bonchev–Trinajstić information content (AvgIpc) is 3.00. The van der Waals surface area contributed by atoms with E-state index < -0.39 is 16.5 Å². The van der Waals surface area contributed by atoms with E-state index in [9.17, 15) is 0 Å². The first kappa shape index (κ1) is 46.4. The Hall–Kier alpha value is -1.64. The van der Waals surface area contributed by atoms with Crippen LogP contribution in [0.2, 0.25) is 39.3 Å². The van der Waals surface area contributed by atoms with Gasteiger partial charge < -0.3 is 15.3 Å². The van der Waals surface area contributed by atoms with Crippen molar-refractivity contribution in [2.75, 3.05) is 0 Å². The molecule has 0 unspecified atom stereocenters. The number of aliphatic imine (C=N–C) groups is 2. The number of hydrogen-bond acceptors (Lipinski definition) is 2. The van der Waals surface area contributed by atoms with Crippen LogP contribution in [0.15, 0.2) is 69.9 Å². The number of allylic oxidation sites excluding steroid dienone is 4. The second-order valence-corrected chi connectivity index (χ2v) is 25.1. The number of hydrogen-bond donors (Lipinski definition) is 0. The van der Waals surface area contributed by atoms with Gasteiger partial charge in [0.15, 0.2) is 0 Å². The maximum absolute atomic E-state index is 5.16. The minimum atomic E-state index is -1.11. The fourth-order valence-corrected chi connectivity index (χ4v) is 14.8. The third kappa shape index (κ3) is 16.8. The summed E-state index contributed by atoms with van der Waals surface area (Å²) >= 11 is 0. The smallest absolute Gasteiger partial charge is 0.668 e. The minimum absolute atomic E-state index is 0. The first-order valence-corrected chi connectivity index (χ1v) is 25.7. The van der Waals surface area contributed by atoms with Crippen LogP contribution in [-0.2, 0) is 58.4 Å². The first-order chi connectivity index (χ1) is 23.0. The maximum atomic E-state index is 5.16. The summed E-state index contributed by atoms with van der Waals surface area (Å²) in [5.74, 6) is 0. The Balaban J connectivity index is 0.00000110. The molecule has 0 radical (unpaired) electrons. The molecule has 0 aromatic heterocycles. The average molecular weight is 788 g/mol. The Bertz CT molecular complexity index is 1310. The van der Waals surface area contributed by atoms with E-state index in [0.717, 1.165) is 72.7 Å². The number of benzene rings is 2. The number of nitrogens with zero attached hydrogens (tertiary/aromatic N) is 5. The van der Waals surface area contributed by atoms with Crippen molar-refractivity contribution in [2.24, 2.45) is 9.98 Å². The molecular formula is C42H68N5Si2Y. The van der Waals surface area contributed by atoms with Gasteiger partial charge in [0.05, 0.1) is 12.1 Å². The van der Waals surface area contributed by atoms with Gasteiger partial charge in [-0.05, 0) is 52.4 Å². The molecule has 1 saturated carbocycles. The molecule has 0 heterocycles. The van der Waals surface area contributed by atoms with Crippen molar-refractivity contribution in [2.45, 2.75) is 158 Å². The van der Waals surface area contributed by atoms with E-state index in [4.69, 9.17) is 25.3 Å². The fraction of sp³-hybridized carbons (Fsp3) is 0.571. The summed E-state index contributed by atoms with van der Waals surface area (Å²) in [5, 5.41) is 10.1. The molecule has 1 fully saturated rings. The molecule has 0 amide bonds. The molecule has 0 saturated heterocycles. The van der Waals surface area contributed by atoms with Gasteiger partial charge >= 0.3 is 32.7 Å². The van der Waals surface area contributed by atoms with Crippen LogP contribution in [0.5, 0.6) is 0 Å². The molecule has 0 spiro atoms. The summed E-state index contributed by atoms with van der Waals surface area (Å²) < 4.78 is 4.82. The van der Waals surface area contributed by atoms with Crippen LogP contribution in [-0.4, -0.2) is 40.0 Å². The summed E-state index contributed by atoms with van der Waals surface area (Å²) in [6.07, 6.45) is 12.8. The number of para-hydroxylation sites is 2. The molecule has 2 aromatic carbocycles. The molecule has 2 aromatic rings. The predicted molar refractivity (Wildman–Crippen MR) is 226 cm³/mol. The molecular weight excluding hydrogens is 720 g/mol. The molecule has 1 aliphatic rings. The molecule has 50 heavy (non-hydrogen) atoms. The summed E-state index contributed by atoms with van der Waals surface area (Å²) in [4.78, 5) is 10.3. The van der Waals surface area contributed by atoms with Crippen molar-refractivity contribution in [3.8, 4) is 0 Å². The van der Waals surface area contributed by atoms with Gasteiger partial charge in [0.2, 0.25) is 0 Å². The van der Waals surface area contributed by atoms with Crippen molar-refractivity contribution in [1.82, 2.24) is 0 Å². The first-order valence-electron chi connectivity index (χ1n) is 18.8. The quantitative estimate of drug-likeness (QED) is 0.135. The second kappa shape index (κ2) is 22.4. The van der Waals surface area contributed by atoms with Crippen LogP contribution < -0.4 is 0 Å². The molecule has 8 heteroatoms. The summed E-state index contributed by atoms with van der Waals surface area (Å²) in [6, 6.07) is 13.5. The van der Waals surface area contributed by atoms with E-state index in [1.807, 2.05) is 0 Å². The SMILES string of the molecule is CCc1cccc(CC)c1[N-]/C(C)=C\C(C)=N[C@H]1CCCC[C@@H]1N=C(C)/C=C(/C)[N-]c1c(CC)cccc1CC.C[Si](C)(C)[N-][Si](C)(C)C.[Y+3]. The topological polar surface area (TPSA) is 67.0 Å². The van der Waals surface area contributed by atoms with Gasteiger partial charge in [-0.1, -0.05) is 181 Å². The van der Waals surface area contributed by atoms with Crippen molar-refractivity contribution < 1.29 is 32.7 Å². The van der Waals surface area contributed by atoms with Crippen LogP contribution in [0.4, 0.5) is 11.4 Å². The molecule has 5 nitrogen and oxygen atoms in total. The third-order valence-corrected chi connectivity index (χ3v) is 13.8. The van der Waals surface area contributed by atoms with Crippen LogP contribution in [0.3, 0.4) is 0 Å². The summed E-state index contributed by atoms with van der Waals surface area (Å²) in [5.41, 5.74) is 11.5. The maximum Gasteiger partial charge on any atom is 3.00 e. The Morgan fingerprint density at radius 1 is 0.600 bits per heavy atom. The van der Waals surface area contributed by atoms with Gasteiger partial charge in [-0.3, -0.25) is 9.98 Å². The van der Waals surface area contributed by atoms with Crippen molar-refractivity contribution in [3.63, 3.8) is 0 Å². The van der Waals surface area contributed by atoms with E-state index in [1.165, 1.54) is 35.1 Å². The van der Waals surface area contributed by atoms with Crippen molar-refractivity contribution in [3.05, 3.63) is 97.5 Å². The van der Waals surface area contributed by atoms with Gasteiger partial charge in [-0.25, -0.2) is 0 Å². The zero-order valence-corrected chi connectivity index (χ0v) is 39.1. The van der Waals surface area contributed by atoms with E-state index in [0.29, 0.717) is 0 Å². The van der Waals surface area contributed by atoms with Crippen molar-refractivity contribution in [1.29, 1.82) is 0 Å². The number of aryl methyl sites for hydroxylation is 4. The second-order valence-electron chi connectivity index (χ2n) is 15.5. The Kier molecular flexibility index (Phi) is 20.8. The van der Waals surface area contributed by atoms with E-state index in [2.05, 4.69) is 143 Å². The predicted octanol–water partition coefficient (Wildman–Crippen LogP) is 13.7. The van der Waals surface area contributed by atoms with Gasteiger partial charge in [-0.2, -0.15) is 11.4 Å². The van der Waals surface area contributed by atoms with Crippen LogP contribution >= 0.6 is 0 Å². The third-order valence-electron chi connectivity index (χ3n) is 8.45. The van der Waals surface area contributed by atoms with E-state index in [-0.39, 0.29) is 44.8 Å². The van der Waals surface area contributed by atoms with Gasteiger partial charge in [0, 0.05) is 11.4 Å². The van der Waals surface area contributed by atoms with E-state index >= 15 is 0 Å². The van der Waals surface area contributed by atoms with Crippen molar-refractivity contribution >= 4 is 39.3 Å². The minimum Gasteiger partial charge on any atom is -0.668 e. The standard InChI is InChI=1S/C36H50N4.C6H18NSi2.Y/c1-9-29-17-15-18-30(10-2)35(29)39-27(7)23-25(5)37-33-21-13-14-22-34(33)38-26(6)24-28(8)40-36-31(11-3)19-16-20-32(36)12-4;1-8(2,3)7-9(4,5)6;/h15-20,23-24,33-34H,9-14,21-22H2,1-8H3;1-6H3;/q-2;-1;+3/b27-23-,28-24-,37-25?,38-26?;;/t33-,34-;;/m0../s1. The number of rotatable bonds is 14. The molecule has 1 aliphatic carbocycles. The Morgan fingerprint density at radius 2 is 0.900 bits per heavy atom. The fourth-order valence-electron chi connectivity index (χ4n) is 6.74. The Morgan fingerprint density at radius 3 is 1.14 bits per heavy atom. The van der Waals surface area contributed by atoms with Crippen LogP contribution in [0, 0.1) is 0 Å². The molecule has 0 bridgehead atoms.